The standard InChI is InChI=1S/C14H8ClF4NO/c15-9-3-6-11(12(16)7-9)13(21)20-10-4-1-8(2-5-10)14(17,18)19/h1-7H,(H,20,21). The van der Waals surface area contributed by atoms with Gasteiger partial charge in [-0.1, -0.05) is 11.6 Å². The highest BCUT2D eigenvalue weighted by atomic mass is 35.5. The fourth-order valence-electron chi connectivity index (χ4n) is 1.61. The van der Waals surface area contributed by atoms with Crippen molar-refractivity contribution < 1.29 is 22.4 Å². The number of carbonyl (C=O) groups is 1. The Hall–Kier alpha value is -2.08. The molecule has 2 nitrogen and oxygen atoms in total. The van der Waals surface area contributed by atoms with Crippen LogP contribution in [-0.2, 0) is 6.18 Å². The van der Waals surface area contributed by atoms with E-state index in [4.69, 9.17) is 11.6 Å². The van der Waals surface area contributed by atoms with E-state index in [1.165, 1.54) is 12.1 Å². The molecule has 2 aromatic carbocycles. The van der Waals surface area contributed by atoms with Gasteiger partial charge < -0.3 is 5.32 Å². The molecule has 0 unspecified atom stereocenters. The molecule has 0 aliphatic heterocycles. The van der Waals surface area contributed by atoms with Crippen molar-refractivity contribution in [2.45, 2.75) is 6.18 Å². The van der Waals surface area contributed by atoms with Crippen LogP contribution >= 0.6 is 11.6 Å². The van der Waals surface area contributed by atoms with E-state index in [0.717, 1.165) is 30.3 Å². The van der Waals surface area contributed by atoms with Crippen LogP contribution in [0.15, 0.2) is 42.5 Å². The third-order valence-electron chi connectivity index (χ3n) is 2.65. The summed E-state index contributed by atoms with van der Waals surface area (Å²) in [5.41, 5.74) is -0.958. The van der Waals surface area contributed by atoms with Crippen LogP contribution in [0.1, 0.15) is 15.9 Å². The van der Waals surface area contributed by atoms with E-state index in [9.17, 15) is 22.4 Å². The molecule has 1 N–H and O–H groups in total. The van der Waals surface area contributed by atoms with Gasteiger partial charge in [-0.3, -0.25) is 4.79 Å². The molecule has 2 rings (SSSR count). The molecule has 7 heteroatoms. The average Bonchev–Trinajstić information content (AvgIpc) is 2.38. The normalized spacial score (nSPS) is 11.3. The number of rotatable bonds is 2. The number of nitrogens with one attached hydrogen (secondary N) is 1. The van der Waals surface area contributed by atoms with Crippen molar-refractivity contribution in [1.29, 1.82) is 0 Å². The highest BCUT2D eigenvalue weighted by Crippen LogP contribution is 2.29. The number of hydrogen-bond donors (Lipinski definition) is 1. The second kappa shape index (κ2) is 5.73. The topological polar surface area (TPSA) is 29.1 Å². The Morgan fingerprint density at radius 1 is 1.05 bits per heavy atom. The van der Waals surface area contributed by atoms with Crippen molar-refractivity contribution in [2.75, 3.05) is 5.32 Å². The summed E-state index contributed by atoms with van der Waals surface area (Å²) in [7, 11) is 0. The van der Waals surface area contributed by atoms with Gasteiger partial charge in [-0.15, -0.1) is 0 Å². The Morgan fingerprint density at radius 3 is 2.19 bits per heavy atom. The molecule has 0 atom stereocenters. The van der Waals surface area contributed by atoms with Crippen molar-refractivity contribution in [3.8, 4) is 0 Å². The van der Waals surface area contributed by atoms with Gasteiger partial charge in [0.25, 0.3) is 5.91 Å². The number of hydrogen-bond acceptors (Lipinski definition) is 1. The van der Waals surface area contributed by atoms with E-state index in [1.54, 1.807) is 0 Å². The van der Waals surface area contributed by atoms with Crippen molar-refractivity contribution in [1.82, 2.24) is 0 Å². The number of alkyl halides is 3. The van der Waals surface area contributed by atoms with E-state index < -0.39 is 23.5 Å². The van der Waals surface area contributed by atoms with Crippen molar-refractivity contribution in [3.63, 3.8) is 0 Å². The van der Waals surface area contributed by atoms with E-state index in [1.807, 2.05) is 0 Å². The van der Waals surface area contributed by atoms with Gasteiger partial charge in [0.2, 0.25) is 0 Å². The predicted octanol–water partition coefficient (Wildman–Crippen LogP) is 4.75. The average molecular weight is 318 g/mol. The van der Waals surface area contributed by atoms with Crippen LogP contribution in [0.3, 0.4) is 0 Å². The Morgan fingerprint density at radius 2 is 1.67 bits per heavy atom. The summed E-state index contributed by atoms with van der Waals surface area (Å²) in [6, 6.07) is 7.34. The second-order valence-electron chi connectivity index (χ2n) is 4.15. The summed E-state index contributed by atoms with van der Waals surface area (Å²) in [6.45, 7) is 0. The fourth-order valence-corrected chi connectivity index (χ4v) is 1.77. The monoisotopic (exact) mass is 317 g/mol. The molecule has 0 saturated heterocycles. The highest BCUT2D eigenvalue weighted by Gasteiger charge is 2.30. The maximum absolute atomic E-state index is 13.5. The van der Waals surface area contributed by atoms with Crippen molar-refractivity contribution in [2.24, 2.45) is 0 Å². The minimum atomic E-state index is -4.45. The third kappa shape index (κ3) is 3.72. The lowest BCUT2D eigenvalue weighted by Crippen LogP contribution is -2.14. The van der Waals surface area contributed by atoms with Gasteiger partial charge in [-0.05, 0) is 42.5 Å². The Kier molecular flexibility index (Phi) is 4.18. The molecule has 0 aromatic heterocycles. The molecule has 0 spiro atoms. The lowest BCUT2D eigenvalue weighted by atomic mass is 10.1. The Balaban J connectivity index is 2.16. The molecular formula is C14H8ClF4NO. The largest absolute Gasteiger partial charge is 0.416 e. The summed E-state index contributed by atoms with van der Waals surface area (Å²) in [4.78, 5) is 11.8. The predicted molar refractivity (Wildman–Crippen MR) is 70.8 cm³/mol. The van der Waals surface area contributed by atoms with Crippen molar-refractivity contribution >= 4 is 23.2 Å². The molecule has 1 amide bonds. The zero-order valence-corrected chi connectivity index (χ0v) is 11.1. The zero-order valence-electron chi connectivity index (χ0n) is 10.3. The zero-order chi connectivity index (χ0) is 15.6. The van der Waals surface area contributed by atoms with Crippen LogP contribution in [0.4, 0.5) is 23.2 Å². The molecular weight excluding hydrogens is 310 g/mol. The molecule has 0 aliphatic rings. The number of anilines is 1. The first-order valence-corrected chi connectivity index (χ1v) is 6.09. The highest BCUT2D eigenvalue weighted by molar-refractivity contribution is 6.30. The van der Waals surface area contributed by atoms with E-state index in [-0.39, 0.29) is 16.3 Å². The molecule has 0 heterocycles. The smallest absolute Gasteiger partial charge is 0.322 e. The van der Waals surface area contributed by atoms with Gasteiger partial charge in [0.1, 0.15) is 5.82 Å². The summed E-state index contributed by atoms with van der Waals surface area (Å²) in [5.74, 6) is -1.59. The molecule has 0 radical (unpaired) electrons. The molecule has 0 bridgehead atoms. The first kappa shape index (κ1) is 15.3. The number of halogens is 5. The van der Waals surface area contributed by atoms with E-state index in [0.29, 0.717) is 0 Å². The molecule has 2 aromatic rings. The van der Waals surface area contributed by atoms with E-state index >= 15 is 0 Å². The van der Waals surface area contributed by atoms with Gasteiger partial charge in [0.05, 0.1) is 11.1 Å². The van der Waals surface area contributed by atoms with Gasteiger partial charge in [0.15, 0.2) is 0 Å². The summed E-state index contributed by atoms with van der Waals surface area (Å²) in [6.07, 6.45) is -4.45. The van der Waals surface area contributed by atoms with Crippen LogP contribution in [0.5, 0.6) is 0 Å². The molecule has 110 valence electrons. The summed E-state index contributed by atoms with van der Waals surface area (Å²) >= 11 is 5.56. The summed E-state index contributed by atoms with van der Waals surface area (Å²) in [5, 5.41) is 2.45. The maximum atomic E-state index is 13.5. The number of benzene rings is 2. The molecule has 0 fully saturated rings. The van der Waals surface area contributed by atoms with Gasteiger partial charge in [0, 0.05) is 10.7 Å². The van der Waals surface area contributed by atoms with Crippen molar-refractivity contribution in [3.05, 3.63) is 64.4 Å². The minimum Gasteiger partial charge on any atom is -0.322 e. The third-order valence-corrected chi connectivity index (χ3v) is 2.88. The molecule has 0 saturated carbocycles. The lowest BCUT2D eigenvalue weighted by molar-refractivity contribution is -0.137. The fraction of sp³-hybridized carbons (Fsp3) is 0.0714. The molecule has 0 aliphatic carbocycles. The number of carbonyl (C=O) groups excluding carboxylic acids is 1. The summed E-state index contributed by atoms with van der Waals surface area (Å²) < 4.78 is 50.7. The minimum absolute atomic E-state index is 0.127. The van der Waals surface area contributed by atoms with Crippen LogP contribution in [-0.4, -0.2) is 5.91 Å². The molecule has 21 heavy (non-hydrogen) atoms. The van der Waals surface area contributed by atoms with Gasteiger partial charge in [-0.25, -0.2) is 4.39 Å². The van der Waals surface area contributed by atoms with E-state index in [2.05, 4.69) is 5.32 Å². The number of amides is 1. The quantitative estimate of drug-likeness (QED) is 0.796. The Bertz CT molecular complexity index is 668. The van der Waals surface area contributed by atoms with Crippen LogP contribution in [0.2, 0.25) is 5.02 Å². The first-order chi connectivity index (χ1) is 9.77. The van der Waals surface area contributed by atoms with Crippen LogP contribution < -0.4 is 5.32 Å². The second-order valence-corrected chi connectivity index (χ2v) is 4.59. The van der Waals surface area contributed by atoms with Crippen LogP contribution in [0, 0.1) is 5.82 Å². The first-order valence-electron chi connectivity index (χ1n) is 5.71. The maximum Gasteiger partial charge on any atom is 0.416 e. The lowest BCUT2D eigenvalue weighted by Gasteiger charge is -2.09. The Labute approximate surface area is 122 Å². The van der Waals surface area contributed by atoms with Crippen LogP contribution in [0.25, 0.3) is 0 Å². The van der Waals surface area contributed by atoms with Gasteiger partial charge in [-0.2, -0.15) is 13.2 Å². The van der Waals surface area contributed by atoms with Gasteiger partial charge >= 0.3 is 6.18 Å². The SMILES string of the molecule is O=C(Nc1ccc(C(F)(F)F)cc1)c1ccc(Cl)cc1F.